The van der Waals surface area contributed by atoms with Gasteiger partial charge in [0.1, 0.15) is 17.6 Å². The number of furan rings is 1. The van der Waals surface area contributed by atoms with Crippen LogP contribution in [-0.4, -0.2) is 105 Å². The Labute approximate surface area is 214 Å². The molecule has 3 aliphatic rings. The average Bonchev–Trinajstić information content (AvgIpc) is 3.55. The Hall–Kier alpha value is -3.03. The van der Waals surface area contributed by atoms with Gasteiger partial charge in [0, 0.05) is 44.8 Å². The second-order valence-corrected chi connectivity index (χ2v) is 10.9. The minimum atomic E-state index is -3.72. The van der Waals surface area contributed by atoms with Gasteiger partial charge in [-0.3, -0.25) is 14.5 Å². The summed E-state index contributed by atoms with van der Waals surface area (Å²) in [7, 11) is -3.72. The van der Waals surface area contributed by atoms with Crippen LogP contribution >= 0.6 is 0 Å². The van der Waals surface area contributed by atoms with E-state index in [1.807, 2.05) is 0 Å². The Morgan fingerprint density at radius 3 is 2.19 bits per heavy atom. The molecule has 0 aliphatic carbocycles. The Bertz CT molecular complexity index is 1260. The first kappa shape index (κ1) is 25.6. The highest BCUT2D eigenvalue weighted by Crippen LogP contribution is 2.39. The number of amides is 1. The third-order valence-corrected chi connectivity index (χ3v) is 8.76. The third kappa shape index (κ3) is 5.07. The number of nitrogens with zero attached hydrogens (tertiary/aromatic N) is 3. The summed E-state index contributed by atoms with van der Waals surface area (Å²) in [6.07, 6.45) is 1.45. The van der Waals surface area contributed by atoms with E-state index in [2.05, 4.69) is 4.90 Å². The first-order chi connectivity index (χ1) is 17.9. The van der Waals surface area contributed by atoms with Crippen LogP contribution in [0.2, 0.25) is 0 Å². The fourth-order valence-corrected chi connectivity index (χ4v) is 6.21. The zero-order valence-corrected chi connectivity index (χ0v) is 21.1. The highest BCUT2D eigenvalue weighted by molar-refractivity contribution is 7.89. The maximum absolute atomic E-state index is 13.1. The van der Waals surface area contributed by atoms with Crippen molar-refractivity contribution in [2.45, 2.75) is 10.9 Å². The minimum Gasteiger partial charge on any atom is -0.507 e. The summed E-state index contributed by atoms with van der Waals surface area (Å²) in [5, 5.41) is 11.2. The summed E-state index contributed by atoms with van der Waals surface area (Å²) in [4.78, 5) is 29.8. The van der Waals surface area contributed by atoms with Gasteiger partial charge in [0.2, 0.25) is 10.0 Å². The highest BCUT2D eigenvalue weighted by atomic mass is 32.2. The largest absolute Gasteiger partial charge is 0.507 e. The van der Waals surface area contributed by atoms with Gasteiger partial charge in [0.15, 0.2) is 0 Å². The average molecular weight is 532 g/mol. The lowest BCUT2D eigenvalue weighted by Crippen LogP contribution is -2.42. The van der Waals surface area contributed by atoms with Crippen LogP contribution < -0.4 is 0 Å². The normalized spacial score (nSPS) is 23.6. The topological polar surface area (TPSA) is 130 Å². The van der Waals surface area contributed by atoms with Crippen molar-refractivity contribution in [3.8, 4) is 0 Å². The van der Waals surface area contributed by atoms with Gasteiger partial charge in [0.05, 0.1) is 43.2 Å². The molecule has 198 valence electrons. The van der Waals surface area contributed by atoms with E-state index in [9.17, 15) is 23.1 Å². The van der Waals surface area contributed by atoms with Gasteiger partial charge in [-0.25, -0.2) is 8.42 Å². The Morgan fingerprint density at radius 1 is 0.919 bits per heavy atom. The van der Waals surface area contributed by atoms with Crippen LogP contribution in [-0.2, 0) is 29.1 Å². The fraction of sp³-hybridized carbons (Fsp3) is 0.440. The molecule has 3 aliphatic heterocycles. The molecule has 1 aromatic heterocycles. The number of aliphatic hydroxyl groups excluding tert-OH is 1. The molecule has 11 nitrogen and oxygen atoms in total. The van der Waals surface area contributed by atoms with E-state index in [0.29, 0.717) is 38.7 Å². The molecule has 2 aromatic rings. The molecule has 1 N–H and O–H groups in total. The predicted molar refractivity (Wildman–Crippen MR) is 131 cm³/mol. The fourth-order valence-electron chi connectivity index (χ4n) is 4.80. The Balaban J connectivity index is 1.44. The molecule has 0 unspecified atom stereocenters. The van der Waals surface area contributed by atoms with Gasteiger partial charge in [-0.15, -0.1) is 0 Å². The number of carbonyl (C=O) groups is 2. The van der Waals surface area contributed by atoms with Gasteiger partial charge in [-0.05, 0) is 36.4 Å². The summed E-state index contributed by atoms with van der Waals surface area (Å²) in [5.41, 5.74) is 0.134. The smallest absolute Gasteiger partial charge is 0.295 e. The van der Waals surface area contributed by atoms with E-state index in [1.54, 1.807) is 12.1 Å². The van der Waals surface area contributed by atoms with Crippen molar-refractivity contribution in [1.29, 1.82) is 0 Å². The Morgan fingerprint density at radius 2 is 1.57 bits per heavy atom. The summed E-state index contributed by atoms with van der Waals surface area (Å²) in [6, 6.07) is 8.05. The lowest BCUT2D eigenvalue weighted by molar-refractivity contribution is -0.140. The number of carbonyl (C=O) groups excluding carboxylic acids is 2. The van der Waals surface area contributed by atoms with E-state index >= 15 is 0 Å². The van der Waals surface area contributed by atoms with Crippen LogP contribution in [0, 0.1) is 0 Å². The number of hydrogen-bond donors (Lipinski definition) is 1. The van der Waals surface area contributed by atoms with Crippen molar-refractivity contribution >= 4 is 27.5 Å². The maximum Gasteiger partial charge on any atom is 0.295 e. The SMILES string of the molecule is O=C1C(=O)N(CCN2CCOCC2)[C@H](c2ccco2)/C1=C(\O)c1ccc(S(=O)(=O)N2CCOCC2)cc1. The number of hydrogen-bond acceptors (Lipinski definition) is 9. The molecule has 5 rings (SSSR count). The van der Waals surface area contributed by atoms with Crippen molar-refractivity contribution < 1.29 is 37.0 Å². The van der Waals surface area contributed by atoms with Crippen LogP contribution in [0.5, 0.6) is 0 Å². The molecule has 12 heteroatoms. The summed E-state index contributed by atoms with van der Waals surface area (Å²) < 4.78 is 43.4. The number of sulfonamides is 1. The minimum absolute atomic E-state index is 0.0690. The first-order valence-electron chi connectivity index (χ1n) is 12.2. The quantitative estimate of drug-likeness (QED) is 0.317. The van der Waals surface area contributed by atoms with Crippen molar-refractivity contribution in [2.75, 3.05) is 65.7 Å². The molecule has 3 saturated heterocycles. The van der Waals surface area contributed by atoms with Gasteiger partial charge < -0.3 is 23.9 Å². The summed E-state index contributed by atoms with van der Waals surface area (Å²) in [5.74, 6) is -1.56. The van der Waals surface area contributed by atoms with Crippen LogP contribution in [0.15, 0.2) is 57.5 Å². The summed E-state index contributed by atoms with van der Waals surface area (Å²) in [6.45, 7) is 4.68. The zero-order chi connectivity index (χ0) is 26.0. The van der Waals surface area contributed by atoms with Gasteiger partial charge >= 0.3 is 0 Å². The number of morpholine rings is 2. The third-order valence-electron chi connectivity index (χ3n) is 6.85. The molecule has 0 spiro atoms. The van der Waals surface area contributed by atoms with Gasteiger partial charge in [-0.1, -0.05) is 0 Å². The van der Waals surface area contributed by atoms with E-state index < -0.39 is 27.8 Å². The molecule has 0 bridgehead atoms. The maximum atomic E-state index is 13.1. The molecule has 1 aromatic carbocycles. The van der Waals surface area contributed by atoms with Crippen molar-refractivity contribution in [1.82, 2.24) is 14.1 Å². The molecular formula is C25H29N3O8S. The molecule has 0 saturated carbocycles. The highest BCUT2D eigenvalue weighted by Gasteiger charge is 2.47. The van der Waals surface area contributed by atoms with E-state index in [0.717, 1.165) is 13.1 Å². The van der Waals surface area contributed by atoms with Crippen LogP contribution in [0.3, 0.4) is 0 Å². The van der Waals surface area contributed by atoms with E-state index in [4.69, 9.17) is 13.9 Å². The number of Topliss-reactive ketones (excluding diaryl/α,β-unsaturated/α-hetero) is 1. The number of likely N-dealkylation sites (tertiary alicyclic amines) is 1. The standard InChI is InChI=1S/C25H29N3O8S/c29-23(18-3-5-19(6-4-18)37(32,33)27-11-16-35-17-12-27)21-22(20-2-1-13-36-20)28(25(31)24(21)30)8-7-26-9-14-34-15-10-26/h1-6,13,22,29H,7-12,14-17H2/b23-21+/t22-/m1/s1. The molecule has 0 radical (unpaired) electrons. The second kappa shape index (κ2) is 10.8. The lowest BCUT2D eigenvalue weighted by Gasteiger charge is -2.30. The van der Waals surface area contributed by atoms with Crippen molar-refractivity contribution in [3.63, 3.8) is 0 Å². The van der Waals surface area contributed by atoms with Gasteiger partial charge in [0.25, 0.3) is 11.7 Å². The Kier molecular flexibility index (Phi) is 7.45. The zero-order valence-electron chi connectivity index (χ0n) is 20.2. The summed E-state index contributed by atoms with van der Waals surface area (Å²) >= 11 is 0. The number of benzene rings is 1. The molecular weight excluding hydrogens is 502 g/mol. The van der Waals surface area contributed by atoms with Gasteiger partial charge in [-0.2, -0.15) is 4.31 Å². The predicted octanol–water partition coefficient (Wildman–Crippen LogP) is 1.05. The number of rotatable bonds is 7. The van der Waals surface area contributed by atoms with Crippen molar-refractivity contribution in [3.05, 3.63) is 59.6 Å². The molecule has 37 heavy (non-hydrogen) atoms. The van der Waals surface area contributed by atoms with Crippen LogP contribution in [0.4, 0.5) is 0 Å². The molecule has 1 amide bonds. The van der Waals surface area contributed by atoms with Crippen molar-refractivity contribution in [2.24, 2.45) is 0 Å². The number of aliphatic hydroxyl groups is 1. The van der Waals surface area contributed by atoms with E-state index in [-0.39, 0.29) is 41.4 Å². The molecule has 4 heterocycles. The number of ether oxygens (including phenoxy) is 2. The second-order valence-electron chi connectivity index (χ2n) is 9.00. The monoisotopic (exact) mass is 531 g/mol. The number of ketones is 1. The van der Waals surface area contributed by atoms with Crippen LogP contribution in [0.1, 0.15) is 17.4 Å². The first-order valence-corrected chi connectivity index (χ1v) is 13.6. The lowest BCUT2D eigenvalue weighted by atomic mass is 9.99. The molecule has 3 fully saturated rings. The molecule has 1 atom stereocenters. The van der Waals surface area contributed by atoms with E-state index in [1.165, 1.54) is 39.7 Å². The van der Waals surface area contributed by atoms with Crippen LogP contribution in [0.25, 0.3) is 5.76 Å².